The highest BCUT2D eigenvalue weighted by Gasteiger charge is 2.47. The third kappa shape index (κ3) is 34.7. The number of ether oxygens (including phenoxy) is 13. The summed E-state index contributed by atoms with van der Waals surface area (Å²) < 4.78 is 80.6. The molecule has 124 heavy (non-hydrogen) atoms. The molecule has 0 aromatic heterocycles. The zero-order valence-corrected chi connectivity index (χ0v) is 76.9. The minimum absolute atomic E-state index is 0.00879. The number of rotatable bonds is 53. The SMILES string of the molecule is COc1ccc(C(OCC(OC(=O)CCC(=O)N[S-](=P)=S)C(=O)N(CCCNC(=O)CCCCOC2OC(COC(C)=O)C(C)C(C)C2NC(C)=O)CCCN(CCCNC(=O)CCCCOC2OC(COC(C)=O)C(C)C(C)C2NC(C)=O)C(=O)CCCCOC2OC(COC(C)=O)C(C)C(C)C2NC(C)=O)(c2ccccc2)c2ccc(OC)cc2)cc1. The molecule has 36 heteroatoms. The smallest absolute Gasteiger partial charge is 0.307 e. The van der Waals surface area contributed by atoms with E-state index in [-0.39, 0.29) is 188 Å². The van der Waals surface area contributed by atoms with Crippen molar-refractivity contribution >= 4 is 99.2 Å². The molecule has 3 fully saturated rings. The maximum atomic E-state index is 15.9. The lowest BCUT2D eigenvalue weighted by Gasteiger charge is -2.44. The fraction of sp³-hybridized carbons (Fsp3) is 0.659. The van der Waals surface area contributed by atoms with Gasteiger partial charge in [0.15, 0.2) is 18.9 Å². The van der Waals surface area contributed by atoms with Crippen molar-refractivity contribution < 1.29 is 119 Å². The lowest BCUT2D eigenvalue weighted by atomic mass is 9.80. The first-order valence-electron chi connectivity index (χ1n) is 42.9. The van der Waals surface area contributed by atoms with Crippen LogP contribution >= 0.6 is 8.02 Å². The van der Waals surface area contributed by atoms with Gasteiger partial charge >= 0.3 is 23.9 Å². The third-order valence-electron chi connectivity index (χ3n) is 22.8. The third-order valence-corrected chi connectivity index (χ3v) is 23.7. The second-order valence-electron chi connectivity index (χ2n) is 31.9. The summed E-state index contributed by atoms with van der Waals surface area (Å²) in [4.78, 5) is 161. The predicted octanol–water partition coefficient (Wildman–Crippen LogP) is 7.69. The predicted molar refractivity (Wildman–Crippen MR) is 465 cm³/mol. The Morgan fingerprint density at radius 1 is 0.452 bits per heavy atom. The number of amides is 8. The van der Waals surface area contributed by atoms with E-state index in [2.05, 4.69) is 39.3 Å². The molecule has 16 atom stereocenters. The van der Waals surface area contributed by atoms with Crippen molar-refractivity contribution in [3.8, 4) is 11.5 Å². The van der Waals surface area contributed by atoms with Crippen LogP contribution in [0.4, 0.5) is 0 Å². The molecule has 0 radical (unpaired) electrons. The Bertz CT molecular complexity index is 3920. The summed E-state index contributed by atoms with van der Waals surface area (Å²) in [6, 6.07) is 22.2. The van der Waals surface area contributed by atoms with E-state index in [1.807, 2.05) is 96.1 Å². The summed E-state index contributed by atoms with van der Waals surface area (Å²) in [7, 11) is 5.19. The van der Waals surface area contributed by atoms with Crippen molar-refractivity contribution in [2.75, 3.05) is 99.7 Å². The number of carbonyl (C=O) groups excluding carboxylic acids is 12. The largest absolute Gasteiger partial charge is 0.497 e. The topological polar surface area (TPSA) is 403 Å². The average molecular weight is 1800 g/mol. The second kappa shape index (κ2) is 54.5. The number of nitrogens with zero attached hydrogens (tertiary/aromatic N) is 2. The number of hydrogen-bond donors (Lipinski definition) is 6. The van der Waals surface area contributed by atoms with Crippen molar-refractivity contribution in [2.45, 2.75) is 240 Å². The van der Waals surface area contributed by atoms with Crippen molar-refractivity contribution in [3.63, 3.8) is 0 Å². The fourth-order valence-electron chi connectivity index (χ4n) is 15.2. The molecule has 6 N–H and O–H groups in total. The lowest BCUT2D eigenvalue weighted by molar-refractivity contribution is -0.244. The Labute approximate surface area is 737 Å². The molecule has 33 nitrogen and oxygen atoms in total. The molecule has 8 amide bonds. The van der Waals surface area contributed by atoms with Gasteiger partial charge in [-0.3, -0.25) is 74.4 Å². The summed E-state index contributed by atoms with van der Waals surface area (Å²) in [5.41, 5.74) is 0.305. The van der Waals surface area contributed by atoms with Gasteiger partial charge in [0.05, 0.1) is 63.7 Å². The highest BCUT2D eigenvalue weighted by atomic mass is 32.9. The zero-order chi connectivity index (χ0) is 91.0. The van der Waals surface area contributed by atoms with Gasteiger partial charge < -0.3 is 103 Å². The number of benzene rings is 3. The molecular formula is C88H132N8O25PS2-. The van der Waals surface area contributed by atoms with Gasteiger partial charge in [-0.05, 0) is 134 Å². The Kier molecular flexibility index (Phi) is 45.8. The number of carbonyl (C=O) groups is 12. The van der Waals surface area contributed by atoms with E-state index in [1.165, 1.54) is 46.4 Å². The van der Waals surface area contributed by atoms with Crippen LogP contribution in [0.25, 0.3) is 0 Å². The summed E-state index contributed by atoms with van der Waals surface area (Å²) in [6.45, 7) is 20.3. The van der Waals surface area contributed by atoms with Crippen LogP contribution in [-0.2, 0) is 135 Å². The number of unbranched alkanes of at least 4 members (excludes halogenated alkanes) is 3. The van der Waals surface area contributed by atoms with Crippen molar-refractivity contribution in [1.29, 1.82) is 0 Å². The Balaban J connectivity index is 1.26. The van der Waals surface area contributed by atoms with E-state index >= 15 is 4.79 Å². The zero-order valence-electron chi connectivity index (χ0n) is 74.3. The molecule has 16 unspecified atom stereocenters. The summed E-state index contributed by atoms with van der Waals surface area (Å²) in [6.07, 6.45) is -3.18. The summed E-state index contributed by atoms with van der Waals surface area (Å²) in [5, 5.41) is 14.8. The average Bonchev–Trinajstić information content (AvgIpc) is 0.751. The van der Waals surface area contributed by atoms with Crippen LogP contribution in [0.15, 0.2) is 78.9 Å². The van der Waals surface area contributed by atoms with Crippen LogP contribution in [0.2, 0.25) is 0 Å². The van der Waals surface area contributed by atoms with Gasteiger partial charge in [0, 0.05) is 126 Å². The fourth-order valence-corrected chi connectivity index (χ4v) is 16.2. The highest BCUT2D eigenvalue weighted by Crippen LogP contribution is 2.43. The molecule has 0 bridgehead atoms. The molecule has 0 spiro atoms. The van der Waals surface area contributed by atoms with E-state index in [1.54, 1.807) is 43.4 Å². The standard InChI is InChI=1S/C88H132N8O25PS2/c1-55-58(4)81(91-61(7)97)85(119-72(55)51-114-64(10)100)111-48-21-18-29-76(103)89-42-24-44-95(79(106)31-20-23-50-113-87-83(93-63(9)99)60(6)57(3)74(121-87)53-116-66(12)102)46-26-47-96(45-25-43-90-77(104)30-19-22-49-112-86-82(92-62(8)98)59(5)56(2)73(120-86)52-115-65(11)101)84(108)75(118-80(107)41-40-78(105)94-124(122)123)54-117-88(67-27-16-15-17-28-67,68-32-36-70(109-13)37-33-68)69-34-38-71(110-14)39-35-69/h15-17,27-28,32-39,55-60,72-75,81-83,85-87,122H,18-26,29-31,40-54H2,1-14H3,(H,89,103)(H,90,104)(H,91,97)(H,92,98)(H,93,99)(H,94,105,123)/q-1. The summed E-state index contributed by atoms with van der Waals surface area (Å²) >= 11 is 5.14. The summed E-state index contributed by atoms with van der Waals surface area (Å²) in [5.74, 6) is -4.68. The van der Waals surface area contributed by atoms with Crippen molar-refractivity contribution in [1.82, 2.24) is 41.1 Å². The maximum absolute atomic E-state index is 15.9. The van der Waals surface area contributed by atoms with Crippen LogP contribution < -0.4 is 40.8 Å². The van der Waals surface area contributed by atoms with E-state index in [4.69, 9.17) is 72.8 Å². The number of nitrogens with one attached hydrogen (secondary N) is 6. The van der Waals surface area contributed by atoms with Crippen molar-refractivity contribution in [2.24, 2.45) is 35.5 Å². The molecule has 3 aromatic carbocycles. The van der Waals surface area contributed by atoms with Crippen LogP contribution in [0, 0.1) is 35.5 Å². The van der Waals surface area contributed by atoms with Crippen LogP contribution in [-0.4, -0.2) is 242 Å². The van der Waals surface area contributed by atoms with Crippen LogP contribution in [0.3, 0.4) is 0 Å². The maximum Gasteiger partial charge on any atom is 0.307 e. The molecule has 3 aromatic rings. The minimum atomic E-state index is -1.70. The number of esters is 4. The van der Waals surface area contributed by atoms with Gasteiger partial charge in [-0.1, -0.05) is 96.1 Å². The Morgan fingerprint density at radius 2 is 0.823 bits per heavy atom. The van der Waals surface area contributed by atoms with Gasteiger partial charge in [-0.2, -0.15) is 0 Å². The Morgan fingerprint density at radius 3 is 1.20 bits per heavy atom. The quantitative estimate of drug-likeness (QED) is 0.00787. The first kappa shape index (κ1) is 104. The first-order valence-corrected chi connectivity index (χ1v) is 46.3. The second-order valence-corrected chi connectivity index (χ2v) is 35.8. The van der Waals surface area contributed by atoms with Gasteiger partial charge in [-0.25, -0.2) is 11.2 Å². The highest BCUT2D eigenvalue weighted by molar-refractivity contribution is 8.38. The molecule has 692 valence electrons. The molecule has 3 heterocycles. The van der Waals surface area contributed by atoms with E-state index in [0.717, 1.165) is 0 Å². The van der Waals surface area contributed by atoms with Crippen molar-refractivity contribution in [3.05, 3.63) is 95.6 Å². The monoisotopic (exact) mass is 1800 g/mol. The van der Waals surface area contributed by atoms with Gasteiger partial charge in [0.2, 0.25) is 47.5 Å². The molecule has 0 aliphatic carbocycles. The van der Waals surface area contributed by atoms with Gasteiger partial charge in [0.25, 0.3) is 5.91 Å². The van der Waals surface area contributed by atoms with Gasteiger partial charge in [0.1, 0.15) is 36.9 Å². The lowest BCUT2D eigenvalue weighted by Crippen LogP contribution is -2.58. The molecule has 3 aliphatic rings. The molecule has 3 saturated heterocycles. The molecule has 3 aliphatic heterocycles. The number of hydrogen-bond acceptors (Lipinski definition) is 27. The normalized spacial score (nSPS) is 22.6. The number of methoxy groups -OCH3 is 2. The van der Waals surface area contributed by atoms with Crippen LogP contribution in [0.1, 0.15) is 190 Å². The first-order chi connectivity index (χ1) is 59.1. The van der Waals surface area contributed by atoms with Crippen LogP contribution in [0.5, 0.6) is 11.5 Å². The molecule has 6 rings (SSSR count). The molecule has 0 saturated carbocycles. The minimum Gasteiger partial charge on any atom is -0.497 e. The van der Waals surface area contributed by atoms with E-state index < -0.39 is 125 Å². The Hall–Kier alpha value is -8.51. The molecular weight excluding hydrogens is 1660 g/mol. The van der Waals surface area contributed by atoms with Gasteiger partial charge in [-0.15, -0.1) is 0 Å². The van der Waals surface area contributed by atoms with E-state index in [9.17, 15) is 52.7 Å². The van der Waals surface area contributed by atoms with E-state index in [0.29, 0.717) is 73.1 Å².